The predicted molar refractivity (Wildman–Crippen MR) is 83.4 cm³/mol. The number of aromatic nitrogens is 2. The first-order valence-corrected chi connectivity index (χ1v) is 6.20. The molecule has 0 N–H and O–H groups in total. The van der Waals surface area contributed by atoms with Crippen LogP contribution in [0.4, 0.5) is 0 Å². The van der Waals surface area contributed by atoms with E-state index in [0.717, 1.165) is 21.4 Å². The van der Waals surface area contributed by atoms with Gasteiger partial charge in [0.15, 0.2) is 0 Å². The summed E-state index contributed by atoms with van der Waals surface area (Å²) in [7, 11) is 0. The zero-order chi connectivity index (χ0) is 12.5. The summed E-state index contributed by atoms with van der Waals surface area (Å²) in [4.78, 5) is 4.53. The van der Waals surface area contributed by atoms with Gasteiger partial charge in [-0.2, -0.15) is 5.26 Å². The lowest BCUT2D eigenvalue weighted by atomic mass is 10.2. The molecule has 94 valence electrons. The van der Waals surface area contributed by atoms with Crippen molar-refractivity contribution < 1.29 is 0 Å². The highest BCUT2D eigenvalue weighted by atomic mass is 79.9. The summed E-state index contributed by atoms with van der Waals surface area (Å²) >= 11 is 3.41. The van der Waals surface area contributed by atoms with E-state index in [1.807, 2.05) is 40.9 Å². The van der Waals surface area contributed by atoms with E-state index in [1.54, 1.807) is 12.3 Å². The lowest BCUT2D eigenvalue weighted by Crippen LogP contribution is -1.83. The number of nitrogens with zero attached hydrogens (tertiary/aromatic N) is 3. The van der Waals surface area contributed by atoms with Gasteiger partial charge < -0.3 is 4.40 Å². The Morgan fingerprint density at radius 2 is 1.79 bits per heavy atom. The van der Waals surface area contributed by atoms with Gasteiger partial charge in [-0.3, -0.25) is 0 Å². The molecule has 3 aromatic rings. The van der Waals surface area contributed by atoms with Crippen molar-refractivity contribution in [3.8, 4) is 17.3 Å². The Morgan fingerprint density at radius 3 is 2.47 bits per heavy atom. The average Bonchev–Trinajstić information content (AvgIpc) is 2.82. The summed E-state index contributed by atoms with van der Waals surface area (Å²) in [5, 5.41) is 8.86. The van der Waals surface area contributed by atoms with Crippen LogP contribution in [0, 0.1) is 11.3 Å². The van der Waals surface area contributed by atoms with E-state index in [2.05, 4.69) is 27.0 Å². The van der Waals surface area contributed by atoms with Gasteiger partial charge in [-0.1, -0.05) is 28.1 Å². The maximum Gasteiger partial charge on any atom is 0.137 e. The molecule has 19 heavy (non-hydrogen) atoms. The highest BCUT2D eigenvalue weighted by Crippen LogP contribution is 2.21. The molecule has 0 unspecified atom stereocenters. The lowest BCUT2D eigenvalue weighted by Gasteiger charge is -1.95. The number of hydrogen-bond donors (Lipinski definition) is 0. The number of pyridine rings is 1. The molecule has 0 atom stereocenters. The molecule has 0 aliphatic heterocycles. The first kappa shape index (κ1) is 13.8. The van der Waals surface area contributed by atoms with Gasteiger partial charge in [0.25, 0.3) is 0 Å². The fourth-order valence-corrected chi connectivity index (χ4v) is 2.08. The molecule has 0 amide bonds. The first-order chi connectivity index (χ1) is 8.76. The molecule has 0 radical (unpaired) electrons. The van der Waals surface area contributed by atoms with Crippen molar-refractivity contribution >= 4 is 38.6 Å². The predicted octanol–water partition coefficient (Wildman–Crippen LogP) is 4.21. The Kier molecular flexibility index (Phi) is 4.03. The smallest absolute Gasteiger partial charge is 0.137 e. The van der Waals surface area contributed by atoms with Crippen molar-refractivity contribution in [2.45, 2.75) is 0 Å². The second kappa shape index (κ2) is 5.55. The first-order valence-electron chi connectivity index (χ1n) is 5.41. The van der Waals surface area contributed by atoms with E-state index < -0.39 is 0 Å². The van der Waals surface area contributed by atoms with Crippen LogP contribution in [0.5, 0.6) is 0 Å². The Balaban J connectivity index is 0.00000133. The summed E-state index contributed by atoms with van der Waals surface area (Å²) in [6.45, 7) is 0. The molecule has 1 aromatic carbocycles. The molecule has 3 nitrogen and oxygen atoms in total. The minimum absolute atomic E-state index is 0. The normalized spacial score (nSPS) is 9.89. The summed E-state index contributed by atoms with van der Waals surface area (Å²) in [5.74, 6) is 0. The van der Waals surface area contributed by atoms with Crippen LogP contribution in [0.15, 0.2) is 53.3 Å². The minimum atomic E-state index is 0. The second-order valence-electron chi connectivity index (χ2n) is 3.93. The van der Waals surface area contributed by atoms with Crippen LogP contribution in [0.2, 0.25) is 0 Å². The van der Waals surface area contributed by atoms with Gasteiger partial charge in [-0.05, 0) is 24.3 Å². The summed E-state index contributed by atoms with van der Waals surface area (Å²) < 4.78 is 2.91. The number of rotatable bonds is 1. The van der Waals surface area contributed by atoms with E-state index in [9.17, 15) is 0 Å². The third-order valence-electron chi connectivity index (χ3n) is 2.72. The molecule has 2 aromatic heterocycles. The van der Waals surface area contributed by atoms with Gasteiger partial charge in [0.1, 0.15) is 11.7 Å². The van der Waals surface area contributed by atoms with Gasteiger partial charge in [0.05, 0.1) is 11.3 Å². The van der Waals surface area contributed by atoms with Crippen LogP contribution < -0.4 is 0 Å². The number of halogens is 2. The van der Waals surface area contributed by atoms with E-state index >= 15 is 0 Å². The van der Waals surface area contributed by atoms with Crippen molar-refractivity contribution in [3.05, 3.63) is 58.8 Å². The molecule has 2 heterocycles. The highest BCUT2D eigenvalue weighted by Gasteiger charge is 2.04. The van der Waals surface area contributed by atoms with Crippen LogP contribution in [0.3, 0.4) is 0 Å². The Bertz CT molecular complexity index is 754. The van der Waals surface area contributed by atoms with Crippen LogP contribution in [-0.4, -0.2) is 9.38 Å². The minimum Gasteiger partial charge on any atom is -0.305 e. The van der Waals surface area contributed by atoms with Gasteiger partial charge in [0, 0.05) is 22.4 Å². The van der Waals surface area contributed by atoms with Crippen LogP contribution in [0.25, 0.3) is 16.9 Å². The molecule has 0 fully saturated rings. The molecule has 5 heteroatoms. The number of hydrogen-bond acceptors (Lipinski definition) is 2. The number of nitriles is 1. The number of fused-ring (bicyclic) bond motifs is 1. The third-order valence-corrected chi connectivity index (χ3v) is 3.25. The Morgan fingerprint density at radius 1 is 1.05 bits per heavy atom. The van der Waals surface area contributed by atoms with Gasteiger partial charge >= 0.3 is 0 Å². The molecular formula is C14H9Br2N3. The van der Waals surface area contributed by atoms with Gasteiger partial charge in [0.2, 0.25) is 0 Å². The average molecular weight is 379 g/mol. The van der Waals surface area contributed by atoms with Gasteiger partial charge in [-0.25, -0.2) is 4.98 Å². The van der Waals surface area contributed by atoms with Crippen molar-refractivity contribution in [1.82, 2.24) is 9.38 Å². The lowest BCUT2D eigenvalue weighted by molar-refractivity contribution is 1.17. The standard InChI is InChI=1S/C14H8BrN3.BrH/c15-12-4-2-11(3-5-12)13-9-18-8-10(7-16)1-6-14(18)17-13;/h1-6,8-9H;1H. The molecule has 0 saturated heterocycles. The van der Waals surface area contributed by atoms with Crippen molar-refractivity contribution in [3.63, 3.8) is 0 Å². The number of benzene rings is 1. The maximum atomic E-state index is 8.86. The highest BCUT2D eigenvalue weighted by molar-refractivity contribution is 9.10. The fraction of sp³-hybridized carbons (Fsp3) is 0. The molecule has 0 aliphatic carbocycles. The van der Waals surface area contributed by atoms with E-state index in [0.29, 0.717) is 5.56 Å². The van der Waals surface area contributed by atoms with Crippen molar-refractivity contribution in [1.29, 1.82) is 5.26 Å². The zero-order valence-corrected chi connectivity index (χ0v) is 13.0. The topological polar surface area (TPSA) is 41.1 Å². The fourth-order valence-electron chi connectivity index (χ4n) is 1.82. The molecule has 3 rings (SSSR count). The van der Waals surface area contributed by atoms with Crippen LogP contribution in [0.1, 0.15) is 5.56 Å². The van der Waals surface area contributed by atoms with E-state index in [-0.39, 0.29) is 17.0 Å². The third kappa shape index (κ3) is 2.70. The van der Waals surface area contributed by atoms with Crippen molar-refractivity contribution in [2.24, 2.45) is 0 Å². The molecule has 0 bridgehead atoms. The summed E-state index contributed by atoms with van der Waals surface area (Å²) in [6, 6.07) is 13.7. The molecule has 0 saturated carbocycles. The summed E-state index contributed by atoms with van der Waals surface area (Å²) in [5.41, 5.74) is 3.42. The quantitative estimate of drug-likeness (QED) is 0.636. The Hall–Kier alpha value is -1.64. The van der Waals surface area contributed by atoms with Crippen LogP contribution in [-0.2, 0) is 0 Å². The van der Waals surface area contributed by atoms with E-state index in [1.165, 1.54) is 0 Å². The number of imidazole rings is 1. The molecule has 0 aliphatic rings. The monoisotopic (exact) mass is 377 g/mol. The van der Waals surface area contributed by atoms with Crippen LogP contribution >= 0.6 is 32.9 Å². The summed E-state index contributed by atoms with van der Waals surface area (Å²) in [6.07, 6.45) is 3.71. The maximum absolute atomic E-state index is 8.86. The SMILES string of the molecule is Br.N#Cc1ccc2nc(-c3ccc(Br)cc3)cn2c1. The van der Waals surface area contributed by atoms with Gasteiger partial charge in [-0.15, -0.1) is 17.0 Å². The second-order valence-corrected chi connectivity index (χ2v) is 4.84. The largest absolute Gasteiger partial charge is 0.305 e. The van der Waals surface area contributed by atoms with Crippen molar-refractivity contribution in [2.75, 3.05) is 0 Å². The molecule has 0 spiro atoms. The zero-order valence-electron chi connectivity index (χ0n) is 9.75. The molecular weight excluding hydrogens is 370 g/mol. The van der Waals surface area contributed by atoms with E-state index in [4.69, 9.17) is 5.26 Å². The Labute approximate surface area is 129 Å².